The summed E-state index contributed by atoms with van der Waals surface area (Å²) in [5.41, 5.74) is 1.91. The first-order valence-electron chi connectivity index (χ1n) is 12.3. The Morgan fingerprint density at radius 3 is 2.46 bits per heavy atom. The smallest absolute Gasteiger partial charge is 0.255 e. The highest BCUT2D eigenvalue weighted by atomic mass is 32.2. The van der Waals surface area contributed by atoms with Crippen molar-refractivity contribution >= 4 is 21.6 Å². The van der Waals surface area contributed by atoms with Crippen LogP contribution in [0.2, 0.25) is 0 Å². The summed E-state index contributed by atoms with van der Waals surface area (Å²) in [6.07, 6.45) is 2.76. The molecule has 2 aromatic rings. The van der Waals surface area contributed by atoms with E-state index in [1.54, 1.807) is 29.6 Å². The maximum Gasteiger partial charge on any atom is 0.255 e. The fourth-order valence-electron chi connectivity index (χ4n) is 6.09. The van der Waals surface area contributed by atoms with E-state index in [0.29, 0.717) is 23.5 Å². The number of benzene rings is 2. The van der Waals surface area contributed by atoms with E-state index in [4.69, 9.17) is 4.74 Å². The van der Waals surface area contributed by atoms with Gasteiger partial charge in [0.1, 0.15) is 5.75 Å². The Morgan fingerprint density at radius 1 is 1.09 bits per heavy atom. The van der Waals surface area contributed by atoms with Crippen molar-refractivity contribution in [2.45, 2.75) is 77.2 Å². The average molecular weight is 499 g/mol. The molecule has 190 valence electrons. The Balaban J connectivity index is 1.61. The number of nitrogens with one attached hydrogen (secondary N) is 1. The lowest BCUT2D eigenvalue weighted by Gasteiger charge is -2.39. The molecule has 2 bridgehead atoms. The molecule has 2 atom stereocenters. The van der Waals surface area contributed by atoms with Gasteiger partial charge in [-0.1, -0.05) is 53.7 Å². The molecule has 2 unspecified atom stereocenters. The van der Waals surface area contributed by atoms with Gasteiger partial charge in [0.25, 0.3) is 5.91 Å². The van der Waals surface area contributed by atoms with Gasteiger partial charge in [-0.25, -0.2) is 8.42 Å². The van der Waals surface area contributed by atoms with Crippen molar-refractivity contribution in [1.29, 1.82) is 0 Å². The third-order valence-corrected chi connectivity index (χ3v) is 9.28. The van der Waals surface area contributed by atoms with Crippen LogP contribution in [0.4, 0.5) is 5.69 Å². The van der Waals surface area contributed by atoms with Crippen molar-refractivity contribution in [3.8, 4) is 5.75 Å². The summed E-state index contributed by atoms with van der Waals surface area (Å²) in [7, 11) is -2.16. The minimum absolute atomic E-state index is 0.00404. The Labute approximate surface area is 210 Å². The van der Waals surface area contributed by atoms with E-state index in [1.165, 1.54) is 6.07 Å². The van der Waals surface area contributed by atoms with E-state index >= 15 is 0 Å². The number of carbonyl (C=O) groups excluding carboxylic acids is 1. The van der Waals surface area contributed by atoms with Gasteiger partial charge >= 0.3 is 0 Å². The van der Waals surface area contributed by atoms with Crippen molar-refractivity contribution in [1.82, 2.24) is 4.31 Å². The number of nitrogens with zero attached hydrogens (tertiary/aromatic N) is 1. The summed E-state index contributed by atoms with van der Waals surface area (Å²) in [4.78, 5) is 13.3. The number of methoxy groups -OCH3 is 1. The SMILES string of the molecule is COc1ccc(C(C)(C)C)cc1NC(=O)c1cccc(S(=O)(=O)N2CC3(C)CC2CC(C)(C)C3)c1. The molecule has 1 heterocycles. The molecule has 2 aromatic carbocycles. The predicted octanol–water partition coefficient (Wildman–Crippen LogP) is 5.83. The van der Waals surface area contributed by atoms with Gasteiger partial charge in [0, 0.05) is 18.2 Å². The summed E-state index contributed by atoms with van der Waals surface area (Å²) in [5.74, 6) is 0.176. The van der Waals surface area contributed by atoms with Crippen molar-refractivity contribution < 1.29 is 17.9 Å². The summed E-state index contributed by atoms with van der Waals surface area (Å²) < 4.78 is 34.5. The van der Waals surface area contributed by atoms with Crippen molar-refractivity contribution in [3.63, 3.8) is 0 Å². The second-order valence-corrected chi connectivity index (χ2v) is 14.3. The maximum atomic E-state index is 13.7. The molecular formula is C28H38N2O4S. The lowest BCUT2D eigenvalue weighted by molar-refractivity contribution is 0.102. The standard InChI is InChI=1S/C28H38N2O4S/c1-26(2,3)20-11-12-24(34-7)23(14-20)29-25(31)19-9-8-10-22(13-19)35(32,33)30-18-28(6)16-21(30)15-27(4,5)17-28/h8-14,21H,15-18H2,1-7H3,(H,29,31). The molecule has 1 amide bonds. The van der Waals surface area contributed by atoms with Gasteiger partial charge in [0.15, 0.2) is 0 Å². The van der Waals surface area contributed by atoms with Crippen LogP contribution in [0, 0.1) is 10.8 Å². The molecule has 1 aliphatic heterocycles. The van der Waals surface area contributed by atoms with Gasteiger partial charge in [-0.15, -0.1) is 0 Å². The first kappa shape index (κ1) is 25.7. The molecule has 4 rings (SSSR count). The first-order valence-corrected chi connectivity index (χ1v) is 13.7. The summed E-state index contributed by atoms with van der Waals surface area (Å²) in [5, 5.41) is 2.92. The second-order valence-electron chi connectivity index (χ2n) is 12.4. The van der Waals surface area contributed by atoms with E-state index in [0.717, 1.165) is 24.8 Å². The fraction of sp³-hybridized carbons (Fsp3) is 0.536. The molecule has 35 heavy (non-hydrogen) atoms. The average Bonchev–Trinajstić information content (AvgIpc) is 3.02. The molecule has 1 N–H and O–H groups in total. The second kappa shape index (κ2) is 8.63. The Morgan fingerprint density at radius 2 is 1.80 bits per heavy atom. The molecule has 0 spiro atoms. The van der Waals surface area contributed by atoms with E-state index in [2.05, 4.69) is 46.9 Å². The number of sulfonamides is 1. The lowest BCUT2D eigenvalue weighted by atomic mass is 9.65. The van der Waals surface area contributed by atoms with Crippen LogP contribution in [0.15, 0.2) is 47.4 Å². The molecule has 6 nitrogen and oxygen atoms in total. The summed E-state index contributed by atoms with van der Waals surface area (Å²) in [6.45, 7) is 13.5. The van der Waals surface area contributed by atoms with Gasteiger partial charge in [-0.2, -0.15) is 4.31 Å². The molecule has 1 saturated carbocycles. The van der Waals surface area contributed by atoms with Gasteiger partial charge in [0.05, 0.1) is 17.7 Å². The van der Waals surface area contributed by atoms with Gasteiger partial charge in [-0.3, -0.25) is 4.79 Å². The minimum atomic E-state index is -3.72. The van der Waals surface area contributed by atoms with Crippen LogP contribution >= 0.6 is 0 Å². The zero-order valence-electron chi connectivity index (χ0n) is 21.9. The first-order chi connectivity index (χ1) is 16.1. The monoisotopic (exact) mass is 498 g/mol. The zero-order chi connectivity index (χ0) is 25.8. The van der Waals surface area contributed by atoms with Crippen molar-refractivity contribution in [2.24, 2.45) is 10.8 Å². The Kier molecular flexibility index (Phi) is 6.34. The molecular weight excluding hydrogens is 460 g/mol. The molecule has 1 aliphatic carbocycles. The highest BCUT2D eigenvalue weighted by Gasteiger charge is 2.53. The Hall–Kier alpha value is -2.38. The van der Waals surface area contributed by atoms with Gasteiger partial charge in [0.2, 0.25) is 10.0 Å². The molecule has 0 radical (unpaired) electrons. The number of fused-ring (bicyclic) bond motifs is 2. The van der Waals surface area contributed by atoms with Crippen LogP contribution in [0.1, 0.15) is 76.7 Å². The number of ether oxygens (including phenoxy) is 1. The van der Waals surface area contributed by atoms with Crippen LogP contribution in [0.5, 0.6) is 5.75 Å². The van der Waals surface area contributed by atoms with E-state index in [9.17, 15) is 13.2 Å². The highest BCUT2D eigenvalue weighted by Crippen LogP contribution is 2.53. The van der Waals surface area contributed by atoms with E-state index in [1.807, 2.05) is 18.2 Å². The number of anilines is 1. The molecule has 7 heteroatoms. The quantitative estimate of drug-likeness (QED) is 0.562. The topological polar surface area (TPSA) is 75.7 Å². The summed E-state index contributed by atoms with van der Waals surface area (Å²) in [6, 6.07) is 12.1. The van der Waals surface area contributed by atoms with Crippen LogP contribution in [-0.2, 0) is 15.4 Å². The minimum Gasteiger partial charge on any atom is -0.495 e. The molecule has 2 fully saturated rings. The summed E-state index contributed by atoms with van der Waals surface area (Å²) >= 11 is 0. The highest BCUT2D eigenvalue weighted by molar-refractivity contribution is 7.89. The van der Waals surface area contributed by atoms with Crippen molar-refractivity contribution in [2.75, 3.05) is 19.0 Å². The van der Waals surface area contributed by atoms with Gasteiger partial charge < -0.3 is 10.1 Å². The normalized spacial score (nSPS) is 24.3. The predicted molar refractivity (Wildman–Crippen MR) is 140 cm³/mol. The van der Waals surface area contributed by atoms with Crippen molar-refractivity contribution in [3.05, 3.63) is 53.6 Å². The third-order valence-electron chi connectivity index (χ3n) is 7.38. The van der Waals surface area contributed by atoms with Crippen LogP contribution in [-0.4, -0.2) is 38.3 Å². The van der Waals surface area contributed by atoms with Gasteiger partial charge in [-0.05, 0) is 71.4 Å². The van der Waals surface area contributed by atoms with E-state index < -0.39 is 10.0 Å². The molecule has 0 aromatic heterocycles. The maximum absolute atomic E-state index is 13.7. The molecule has 2 aliphatic rings. The lowest BCUT2D eigenvalue weighted by Crippen LogP contribution is -2.37. The zero-order valence-corrected chi connectivity index (χ0v) is 22.8. The van der Waals surface area contributed by atoms with Crippen LogP contribution < -0.4 is 10.1 Å². The number of carbonyl (C=O) groups is 1. The molecule has 1 saturated heterocycles. The number of hydrogen-bond acceptors (Lipinski definition) is 4. The van der Waals surface area contributed by atoms with Crippen LogP contribution in [0.25, 0.3) is 0 Å². The van der Waals surface area contributed by atoms with E-state index in [-0.39, 0.29) is 33.1 Å². The number of hydrogen-bond donors (Lipinski definition) is 1. The third kappa shape index (κ3) is 5.12. The number of amides is 1. The number of rotatable bonds is 5. The largest absolute Gasteiger partial charge is 0.495 e. The Bertz CT molecular complexity index is 1250. The van der Waals surface area contributed by atoms with Crippen LogP contribution in [0.3, 0.4) is 0 Å². The fourth-order valence-corrected chi connectivity index (χ4v) is 7.91.